The van der Waals surface area contributed by atoms with Crippen LogP contribution in [0.3, 0.4) is 0 Å². The van der Waals surface area contributed by atoms with Gasteiger partial charge in [0.1, 0.15) is 33.8 Å². The fraction of sp³-hybridized carbons (Fsp3) is 0.125. The predicted molar refractivity (Wildman–Crippen MR) is 90.8 cm³/mol. The summed E-state index contributed by atoms with van der Waals surface area (Å²) >= 11 is 0. The van der Waals surface area contributed by atoms with Crippen LogP contribution in [0.1, 0.15) is 12.5 Å². The van der Waals surface area contributed by atoms with E-state index in [0.717, 1.165) is 18.2 Å². The van der Waals surface area contributed by atoms with Crippen molar-refractivity contribution in [3.63, 3.8) is 0 Å². The summed E-state index contributed by atoms with van der Waals surface area (Å²) in [5.41, 5.74) is -1.13. The van der Waals surface area contributed by atoms with Gasteiger partial charge in [-0.15, -0.1) is 0 Å². The summed E-state index contributed by atoms with van der Waals surface area (Å²) in [6.07, 6.45) is 0.138. The Kier molecular flexibility index (Phi) is 3.68. The summed E-state index contributed by atoms with van der Waals surface area (Å²) < 4.78 is 0. The zero-order valence-corrected chi connectivity index (χ0v) is 13.3. The third-order valence-corrected chi connectivity index (χ3v) is 4.23. The highest BCUT2D eigenvalue weighted by molar-refractivity contribution is 6.19. The Labute approximate surface area is 144 Å². The van der Waals surface area contributed by atoms with Crippen LogP contribution in [0.25, 0.3) is 21.5 Å². The molecule has 3 rings (SSSR count). The van der Waals surface area contributed by atoms with E-state index in [1.165, 1.54) is 0 Å². The number of hydrogen-bond acceptors (Lipinski definition) is 8. The average Bonchev–Trinajstić information content (AvgIpc) is 2.57. The lowest BCUT2D eigenvalue weighted by molar-refractivity contribution is -0.383. The van der Waals surface area contributed by atoms with Gasteiger partial charge in [0.15, 0.2) is 0 Å². The first kappa shape index (κ1) is 17.0. The minimum absolute atomic E-state index is 0.0824. The van der Waals surface area contributed by atoms with Crippen molar-refractivity contribution in [1.82, 2.24) is 0 Å². The molecule has 0 saturated carbocycles. The van der Waals surface area contributed by atoms with E-state index in [2.05, 4.69) is 0 Å². The molecular weight excluding hydrogens is 348 g/mol. The molecule has 0 radical (unpaired) electrons. The summed E-state index contributed by atoms with van der Waals surface area (Å²) in [5.74, 6) is -2.89. The topological polar surface area (TPSA) is 167 Å². The smallest absolute Gasteiger partial charge is 0.284 e. The Morgan fingerprint density at radius 2 is 1.42 bits per heavy atom. The maximum absolute atomic E-state index is 11.5. The zero-order chi connectivity index (χ0) is 19.3. The molecule has 10 heteroatoms. The molecule has 0 atom stereocenters. The molecule has 0 heterocycles. The second-order valence-electron chi connectivity index (χ2n) is 5.57. The van der Waals surface area contributed by atoms with Gasteiger partial charge in [-0.05, 0) is 18.6 Å². The van der Waals surface area contributed by atoms with Gasteiger partial charge in [-0.1, -0.05) is 6.92 Å². The van der Waals surface area contributed by atoms with Crippen LogP contribution >= 0.6 is 0 Å². The van der Waals surface area contributed by atoms with Crippen LogP contribution in [0.15, 0.2) is 18.2 Å². The van der Waals surface area contributed by atoms with E-state index in [9.17, 15) is 40.7 Å². The van der Waals surface area contributed by atoms with E-state index in [1.807, 2.05) is 0 Å². The molecule has 0 aliphatic carbocycles. The van der Waals surface area contributed by atoms with Gasteiger partial charge >= 0.3 is 0 Å². The highest BCUT2D eigenvalue weighted by atomic mass is 16.6. The Morgan fingerprint density at radius 1 is 0.846 bits per heavy atom. The molecule has 4 N–H and O–H groups in total. The number of nitro groups is 2. The lowest BCUT2D eigenvalue weighted by atomic mass is 9.94. The molecule has 0 aromatic heterocycles. The van der Waals surface area contributed by atoms with Gasteiger partial charge in [-0.25, -0.2) is 0 Å². The molecule has 0 fully saturated rings. The number of rotatable bonds is 3. The van der Waals surface area contributed by atoms with Gasteiger partial charge in [0, 0.05) is 11.6 Å². The highest BCUT2D eigenvalue weighted by Crippen LogP contribution is 2.53. The SMILES string of the molecule is CCc1cc(O)c2c(O)c3c([N+](=O)[O-])ccc(O)c3c(O)c2c1[N+](=O)[O-]. The first-order valence-corrected chi connectivity index (χ1v) is 7.37. The van der Waals surface area contributed by atoms with Crippen molar-refractivity contribution in [3.05, 3.63) is 44.0 Å². The molecule has 3 aromatic carbocycles. The van der Waals surface area contributed by atoms with E-state index in [0.29, 0.717) is 0 Å². The van der Waals surface area contributed by atoms with Crippen LogP contribution in [-0.2, 0) is 6.42 Å². The van der Waals surface area contributed by atoms with E-state index in [1.54, 1.807) is 6.92 Å². The van der Waals surface area contributed by atoms with Crippen molar-refractivity contribution in [1.29, 1.82) is 0 Å². The number of fused-ring (bicyclic) bond motifs is 2. The lowest BCUT2D eigenvalue weighted by Gasteiger charge is -2.14. The second kappa shape index (κ2) is 5.62. The van der Waals surface area contributed by atoms with Crippen LogP contribution in [0.4, 0.5) is 11.4 Å². The zero-order valence-electron chi connectivity index (χ0n) is 13.3. The van der Waals surface area contributed by atoms with Crippen molar-refractivity contribution in [2.75, 3.05) is 0 Å². The molecule has 134 valence electrons. The summed E-state index contributed by atoms with van der Waals surface area (Å²) in [7, 11) is 0. The quantitative estimate of drug-likeness (QED) is 0.239. The van der Waals surface area contributed by atoms with Crippen LogP contribution in [0.5, 0.6) is 23.0 Å². The fourth-order valence-corrected chi connectivity index (χ4v) is 3.12. The predicted octanol–water partition coefficient (Wildman–Crippen LogP) is 3.19. The minimum atomic E-state index is -0.849. The number of benzene rings is 3. The first-order chi connectivity index (χ1) is 12.2. The van der Waals surface area contributed by atoms with Crippen molar-refractivity contribution in [3.8, 4) is 23.0 Å². The van der Waals surface area contributed by atoms with Crippen LogP contribution in [0, 0.1) is 20.2 Å². The Balaban J connectivity index is 2.76. The van der Waals surface area contributed by atoms with Crippen molar-refractivity contribution >= 4 is 32.9 Å². The Hall–Kier alpha value is -3.82. The highest BCUT2D eigenvalue weighted by Gasteiger charge is 2.31. The van der Waals surface area contributed by atoms with Crippen molar-refractivity contribution < 1.29 is 30.3 Å². The van der Waals surface area contributed by atoms with E-state index >= 15 is 0 Å². The third-order valence-electron chi connectivity index (χ3n) is 4.23. The molecule has 0 spiro atoms. The van der Waals surface area contributed by atoms with Crippen LogP contribution in [0.2, 0.25) is 0 Å². The molecule has 0 aliphatic rings. The molecular formula is C16H12N2O8. The Bertz CT molecular complexity index is 1120. The maximum Gasteiger partial charge on any atom is 0.284 e. The monoisotopic (exact) mass is 360 g/mol. The second-order valence-corrected chi connectivity index (χ2v) is 5.57. The number of aryl methyl sites for hydroxylation is 1. The van der Waals surface area contributed by atoms with E-state index in [-0.39, 0.29) is 12.0 Å². The van der Waals surface area contributed by atoms with Gasteiger partial charge in [0.2, 0.25) is 0 Å². The van der Waals surface area contributed by atoms with Crippen LogP contribution in [-0.4, -0.2) is 30.3 Å². The molecule has 10 nitrogen and oxygen atoms in total. The number of hydrogen-bond donors (Lipinski definition) is 4. The van der Waals surface area contributed by atoms with Crippen molar-refractivity contribution in [2.45, 2.75) is 13.3 Å². The number of non-ortho nitro benzene ring substituents is 1. The molecule has 0 unspecified atom stereocenters. The van der Waals surface area contributed by atoms with Gasteiger partial charge in [0.05, 0.1) is 20.6 Å². The first-order valence-electron chi connectivity index (χ1n) is 7.37. The average molecular weight is 360 g/mol. The molecule has 0 aliphatic heterocycles. The van der Waals surface area contributed by atoms with E-state index in [4.69, 9.17) is 0 Å². The maximum atomic E-state index is 11.5. The van der Waals surface area contributed by atoms with E-state index < -0.39 is 65.8 Å². The molecule has 0 bridgehead atoms. The standard InChI is InChI=1S/C16H12N2O8/c1-2-6-5-9(20)12-13(14(6)18(25)26)16(22)11-8(19)4-3-7(17(23)24)10(11)15(12)21/h3-5,19-22H,2H2,1H3. The summed E-state index contributed by atoms with van der Waals surface area (Å²) in [6, 6.07) is 2.90. The number of nitrogens with zero attached hydrogens (tertiary/aromatic N) is 2. The van der Waals surface area contributed by atoms with Gasteiger partial charge in [0.25, 0.3) is 11.4 Å². The van der Waals surface area contributed by atoms with Gasteiger partial charge in [-0.3, -0.25) is 20.2 Å². The normalized spacial score (nSPS) is 11.1. The van der Waals surface area contributed by atoms with Gasteiger partial charge < -0.3 is 20.4 Å². The third kappa shape index (κ3) is 2.12. The largest absolute Gasteiger partial charge is 0.507 e. The fourth-order valence-electron chi connectivity index (χ4n) is 3.12. The summed E-state index contributed by atoms with van der Waals surface area (Å²) in [6.45, 7) is 1.59. The van der Waals surface area contributed by atoms with Crippen LogP contribution < -0.4 is 0 Å². The summed E-state index contributed by atoms with van der Waals surface area (Å²) in [5, 5.41) is 62.1. The molecule has 0 amide bonds. The number of aromatic hydroxyl groups is 4. The van der Waals surface area contributed by atoms with Gasteiger partial charge in [-0.2, -0.15) is 0 Å². The molecule has 3 aromatic rings. The summed E-state index contributed by atoms with van der Waals surface area (Å²) in [4.78, 5) is 21.1. The van der Waals surface area contributed by atoms with Crippen molar-refractivity contribution in [2.24, 2.45) is 0 Å². The minimum Gasteiger partial charge on any atom is -0.507 e. The molecule has 0 saturated heterocycles. The number of phenols is 4. The molecule has 26 heavy (non-hydrogen) atoms. The number of phenolic OH excluding ortho intramolecular Hbond substituents is 4. The Morgan fingerprint density at radius 3 is 1.96 bits per heavy atom. The lowest BCUT2D eigenvalue weighted by Crippen LogP contribution is -1.98. The number of nitro benzene ring substituents is 2.